The molecular weight excluding hydrogens is 56.0 g/mol. The van der Waals surface area contributed by atoms with E-state index in [2.05, 4.69) is 0 Å². The Balaban J connectivity index is 0. The van der Waals surface area contributed by atoms with E-state index in [9.17, 15) is 0 Å². The molecule has 0 aromatic carbocycles. The molecule has 0 aromatic heterocycles. The lowest BCUT2D eigenvalue weighted by atomic mass is 14.0. The van der Waals surface area contributed by atoms with E-state index in [1.165, 1.54) is 0 Å². The first kappa shape index (κ1) is 1210. The van der Waals surface area contributed by atoms with Crippen LogP contribution >= 0.6 is 0 Å². The number of hydrogen-bond acceptors (Lipinski definition) is 4. The van der Waals surface area contributed by atoms with Gasteiger partial charge in [-0.05, 0) is 0 Å². The van der Waals surface area contributed by atoms with Crippen LogP contribution in [-0.2, 0) is 0 Å². The highest BCUT2D eigenvalue weighted by Crippen LogP contribution is -0.478. The van der Waals surface area contributed by atoms with Gasteiger partial charge >= 0.3 is 0 Å². The third-order valence-corrected chi connectivity index (χ3v) is 0. The highest BCUT2D eigenvalue weighted by molar-refractivity contribution is 2.14. The van der Waals surface area contributed by atoms with Crippen molar-refractivity contribution in [1.82, 2.24) is 24.6 Å². The molecule has 0 aliphatic heterocycles. The van der Waals surface area contributed by atoms with Crippen molar-refractivity contribution in [2.75, 3.05) is 0 Å². The van der Waals surface area contributed by atoms with E-state index in [1.807, 2.05) is 0 Å². The Kier molecular flexibility index (Phi) is 114000. The van der Waals surface area contributed by atoms with E-state index >= 15 is 0 Å². The highest BCUT2D eigenvalue weighted by Gasteiger charge is -0.341. The van der Waals surface area contributed by atoms with Gasteiger partial charge in [0.15, 0.2) is 0 Å². The van der Waals surface area contributed by atoms with Gasteiger partial charge in [-0.1, -0.05) is 0 Å². The maximum absolute atomic E-state index is 0. The van der Waals surface area contributed by atoms with Crippen LogP contribution in [0.3, 0.4) is 0 Å². The van der Waals surface area contributed by atoms with Gasteiger partial charge in [-0.25, -0.2) is 0 Å². The van der Waals surface area contributed by atoms with Crippen molar-refractivity contribution >= 4 is 0 Å². The standard InChI is InChI=1S/4H3N.H2/h4*1H3;1H. The minimum absolute atomic E-state index is 0. The second-order valence-corrected chi connectivity index (χ2v) is 0. The van der Waals surface area contributed by atoms with Crippen LogP contribution in [0.25, 0.3) is 0 Å². The summed E-state index contributed by atoms with van der Waals surface area (Å²) in [5.74, 6) is 0. The largest absolute Gasteiger partial charge is 0.344 e. The maximum atomic E-state index is 0. The fourth-order valence-electron chi connectivity index (χ4n) is 0. The molecule has 0 aliphatic rings. The highest BCUT2D eigenvalue weighted by atomic mass is 14.0. The van der Waals surface area contributed by atoms with Crippen molar-refractivity contribution in [3.63, 3.8) is 0 Å². The first-order valence-corrected chi connectivity index (χ1v) is 0. The Hall–Kier alpha value is -0.160. The topological polar surface area (TPSA) is 140 Å². The normalized spacial score (nSPS) is 0. The molecule has 0 bridgehead atoms. The molecule has 12 N–H and O–H groups in total. The van der Waals surface area contributed by atoms with Gasteiger partial charge in [0, 0.05) is 1.43 Å². The van der Waals surface area contributed by atoms with E-state index in [0.717, 1.165) is 0 Å². The van der Waals surface area contributed by atoms with E-state index in [4.69, 9.17) is 0 Å². The molecule has 0 spiro atoms. The second-order valence-electron chi connectivity index (χ2n) is 0. The van der Waals surface area contributed by atoms with Gasteiger partial charge in [0.2, 0.25) is 0 Å². The summed E-state index contributed by atoms with van der Waals surface area (Å²) in [7, 11) is 0. The Labute approximate surface area is 27.4 Å². The predicted octanol–water partition coefficient (Wildman–Crippen LogP) is 0.894. The molecule has 4 heavy (non-hydrogen) atoms. The van der Waals surface area contributed by atoms with Crippen LogP contribution in [0.1, 0.15) is 1.43 Å². The summed E-state index contributed by atoms with van der Waals surface area (Å²) in [6, 6.07) is 0. The van der Waals surface area contributed by atoms with Crippen LogP contribution in [-0.4, -0.2) is 0 Å². The molecule has 0 radical (unpaired) electrons. The lowest BCUT2D eigenvalue weighted by Gasteiger charge is -0.345. The van der Waals surface area contributed by atoms with Gasteiger partial charge in [0.05, 0.1) is 0 Å². The molecule has 0 heterocycles. The zero-order valence-electron chi connectivity index (χ0n) is 2.83. The SMILES string of the molecule is N.N.N.N.[HH]. The van der Waals surface area contributed by atoms with Crippen molar-refractivity contribution < 1.29 is 1.43 Å². The molecule has 0 fully saturated rings. The summed E-state index contributed by atoms with van der Waals surface area (Å²) < 4.78 is 0. The molecule has 0 aliphatic carbocycles. The third kappa shape index (κ3) is 50.7. The van der Waals surface area contributed by atoms with Crippen molar-refractivity contribution in [2.24, 2.45) is 0 Å². The summed E-state index contributed by atoms with van der Waals surface area (Å²) in [6.07, 6.45) is 0. The molecule has 0 saturated carbocycles. The summed E-state index contributed by atoms with van der Waals surface area (Å²) >= 11 is 0. The van der Waals surface area contributed by atoms with Gasteiger partial charge < -0.3 is 24.6 Å². The second kappa shape index (κ2) is 376. The maximum Gasteiger partial charge on any atom is 0 e. The molecule has 4 nitrogen and oxygen atoms in total. The fourth-order valence-corrected chi connectivity index (χ4v) is 0. The van der Waals surface area contributed by atoms with E-state index < -0.39 is 0 Å². The van der Waals surface area contributed by atoms with E-state index in [-0.39, 0.29) is 26.0 Å². The number of rotatable bonds is 0. The monoisotopic (exact) mass is 70.1 g/mol. The summed E-state index contributed by atoms with van der Waals surface area (Å²) in [6.45, 7) is 0. The van der Waals surface area contributed by atoms with Gasteiger partial charge in [0.25, 0.3) is 0 Å². The first-order chi connectivity index (χ1) is 0. The number of hydrogen-bond donors (Lipinski definition) is 4. The molecule has 0 amide bonds. The zero-order valence-corrected chi connectivity index (χ0v) is 2.83. The van der Waals surface area contributed by atoms with Gasteiger partial charge in [-0.3, -0.25) is 0 Å². The molecule has 34 valence electrons. The van der Waals surface area contributed by atoms with E-state index in [0.29, 0.717) is 0 Å². The third-order valence-electron chi connectivity index (χ3n) is 0. The van der Waals surface area contributed by atoms with Gasteiger partial charge in [-0.15, -0.1) is 0 Å². The van der Waals surface area contributed by atoms with Crippen molar-refractivity contribution in [2.45, 2.75) is 0 Å². The summed E-state index contributed by atoms with van der Waals surface area (Å²) in [5.41, 5.74) is 0. The molecule has 0 unspecified atom stereocenters. The Morgan fingerprint density at radius 3 is 0.500 bits per heavy atom. The summed E-state index contributed by atoms with van der Waals surface area (Å²) in [5, 5.41) is 0. The smallest absolute Gasteiger partial charge is 0 e. The average molecular weight is 70.1 g/mol. The van der Waals surface area contributed by atoms with E-state index in [1.54, 1.807) is 0 Å². The minimum atomic E-state index is 0. The zero-order chi connectivity index (χ0) is 0. The van der Waals surface area contributed by atoms with Crippen LogP contribution in [0.5, 0.6) is 0 Å². The van der Waals surface area contributed by atoms with Crippen LogP contribution in [0, 0.1) is 0 Å². The molecule has 0 aromatic rings. The molecule has 0 rings (SSSR count). The van der Waals surface area contributed by atoms with Crippen LogP contribution < -0.4 is 24.6 Å². The molecule has 0 atom stereocenters. The first-order valence-electron chi connectivity index (χ1n) is 0. The summed E-state index contributed by atoms with van der Waals surface area (Å²) in [4.78, 5) is 0. The lowest BCUT2D eigenvalue weighted by Crippen LogP contribution is -0.482. The van der Waals surface area contributed by atoms with Gasteiger partial charge in [0.1, 0.15) is 0 Å². The molecular formula is H14N4. The van der Waals surface area contributed by atoms with Crippen molar-refractivity contribution in [3.8, 4) is 0 Å². The van der Waals surface area contributed by atoms with Crippen molar-refractivity contribution in [3.05, 3.63) is 0 Å². The molecule has 0 saturated heterocycles. The quantitative estimate of drug-likeness (QED) is 0.336. The van der Waals surface area contributed by atoms with Crippen LogP contribution in [0.2, 0.25) is 0 Å². The lowest BCUT2D eigenvalue weighted by molar-refractivity contribution is 2.13. The Morgan fingerprint density at radius 2 is 0.500 bits per heavy atom. The minimum Gasteiger partial charge on any atom is -0.344 e. The average Bonchev–Trinajstić information content (AvgIpc) is 0. The van der Waals surface area contributed by atoms with Crippen molar-refractivity contribution in [1.29, 1.82) is 0 Å². The predicted molar refractivity (Wildman–Crippen MR) is 22.2 cm³/mol. The molecule has 4 heteroatoms. The fraction of sp³-hybridized carbons (Fsp3) is 0. The van der Waals surface area contributed by atoms with Gasteiger partial charge in [-0.2, -0.15) is 0 Å². The van der Waals surface area contributed by atoms with Crippen LogP contribution in [0.4, 0.5) is 0 Å². The Bertz CT molecular complexity index is 3.61. The Morgan fingerprint density at radius 1 is 0.500 bits per heavy atom. The van der Waals surface area contributed by atoms with Crippen LogP contribution in [0.15, 0.2) is 0 Å².